The van der Waals surface area contributed by atoms with Crippen molar-refractivity contribution in [3.05, 3.63) is 55.3 Å². The van der Waals surface area contributed by atoms with E-state index in [1.54, 1.807) is 6.07 Å². The van der Waals surface area contributed by atoms with Crippen molar-refractivity contribution in [2.75, 3.05) is 5.32 Å². The third-order valence-electron chi connectivity index (χ3n) is 2.52. The van der Waals surface area contributed by atoms with Crippen LogP contribution in [0.25, 0.3) is 0 Å². The van der Waals surface area contributed by atoms with Crippen molar-refractivity contribution < 1.29 is 14.7 Å². The van der Waals surface area contributed by atoms with Gasteiger partial charge in [0.05, 0.1) is 16.8 Å². The van der Waals surface area contributed by atoms with Gasteiger partial charge in [-0.05, 0) is 52.9 Å². The smallest absolute Gasteiger partial charge is 0.337 e. The zero-order valence-corrected chi connectivity index (χ0v) is 13.9. The number of aromatic carboxylic acids is 1. The summed E-state index contributed by atoms with van der Waals surface area (Å²) in [6, 6.07) is 7.50. The van der Waals surface area contributed by atoms with Crippen LogP contribution in [-0.2, 0) is 0 Å². The summed E-state index contributed by atoms with van der Waals surface area (Å²) in [6.07, 6.45) is 0. The topological polar surface area (TPSA) is 79.3 Å². The normalized spacial score (nSPS) is 10.2. The van der Waals surface area contributed by atoms with Crippen LogP contribution in [0.2, 0.25) is 10.3 Å². The van der Waals surface area contributed by atoms with Gasteiger partial charge in [0.15, 0.2) is 0 Å². The van der Waals surface area contributed by atoms with Crippen molar-refractivity contribution in [3.63, 3.8) is 0 Å². The molecular formula is C13H7Cl2IN2O3. The lowest BCUT2D eigenvalue weighted by atomic mass is 10.1. The monoisotopic (exact) mass is 436 g/mol. The quantitative estimate of drug-likeness (QED) is 0.564. The van der Waals surface area contributed by atoms with Crippen molar-refractivity contribution in [2.45, 2.75) is 0 Å². The summed E-state index contributed by atoms with van der Waals surface area (Å²) < 4.78 is 0.745. The van der Waals surface area contributed by atoms with Gasteiger partial charge >= 0.3 is 5.97 Å². The van der Waals surface area contributed by atoms with Crippen LogP contribution in [0.15, 0.2) is 30.3 Å². The molecule has 1 heterocycles. The number of carboxylic acid groups (broad SMARTS) is 1. The van der Waals surface area contributed by atoms with Crippen molar-refractivity contribution in [2.24, 2.45) is 0 Å². The fraction of sp³-hybridized carbons (Fsp3) is 0. The van der Waals surface area contributed by atoms with Gasteiger partial charge in [-0.25, -0.2) is 9.78 Å². The van der Waals surface area contributed by atoms with Crippen molar-refractivity contribution in [1.82, 2.24) is 4.98 Å². The number of carbonyl (C=O) groups excluding carboxylic acids is 1. The number of nitrogens with zero attached hydrogens (tertiary/aromatic N) is 1. The molecule has 0 saturated carbocycles. The maximum atomic E-state index is 12.1. The molecule has 5 nitrogen and oxygen atoms in total. The van der Waals surface area contributed by atoms with Gasteiger partial charge in [0, 0.05) is 3.57 Å². The van der Waals surface area contributed by atoms with Gasteiger partial charge in [-0.1, -0.05) is 23.2 Å². The van der Waals surface area contributed by atoms with E-state index in [0.717, 1.165) is 3.57 Å². The summed E-state index contributed by atoms with van der Waals surface area (Å²) in [7, 11) is 0. The molecular weight excluding hydrogens is 430 g/mol. The van der Waals surface area contributed by atoms with Crippen LogP contribution in [0.3, 0.4) is 0 Å². The minimum Gasteiger partial charge on any atom is -0.478 e. The van der Waals surface area contributed by atoms with Gasteiger partial charge in [0.25, 0.3) is 5.91 Å². The second-order valence-electron chi connectivity index (χ2n) is 3.92. The summed E-state index contributed by atoms with van der Waals surface area (Å²) in [5.41, 5.74) is 0.281. The summed E-state index contributed by atoms with van der Waals surface area (Å²) in [5.74, 6) is -1.70. The Balaban J connectivity index is 2.34. The molecule has 2 rings (SSSR count). The second kappa shape index (κ2) is 6.59. The van der Waals surface area contributed by atoms with Crippen LogP contribution >= 0.6 is 45.8 Å². The average Bonchev–Trinajstić information content (AvgIpc) is 2.40. The Hall–Kier alpha value is -1.38. The molecule has 0 atom stereocenters. The third-order valence-corrected chi connectivity index (χ3v) is 3.69. The number of anilines is 1. The largest absolute Gasteiger partial charge is 0.478 e. The first-order valence-electron chi connectivity index (χ1n) is 5.54. The predicted octanol–water partition coefficient (Wildman–Crippen LogP) is 3.94. The number of nitrogens with one attached hydrogen (secondary N) is 1. The first-order chi connectivity index (χ1) is 9.88. The number of rotatable bonds is 3. The Morgan fingerprint density at radius 1 is 1.14 bits per heavy atom. The minimum atomic E-state index is -1.14. The van der Waals surface area contributed by atoms with Gasteiger partial charge in [-0.2, -0.15) is 0 Å². The number of hydrogen-bond donors (Lipinski definition) is 2. The standard InChI is InChI=1S/C13H7Cl2IN2O3/c14-10-4-2-7(11(15)18-10)12(19)17-9-3-1-6(16)5-8(9)13(20)21/h1-5H,(H,17,19)(H,20,21). The summed E-state index contributed by atoms with van der Waals surface area (Å²) >= 11 is 13.5. The summed E-state index contributed by atoms with van der Waals surface area (Å²) in [5, 5.41) is 11.8. The molecule has 1 amide bonds. The second-order valence-corrected chi connectivity index (χ2v) is 5.91. The fourth-order valence-electron chi connectivity index (χ4n) is 1.57. The highest BCUT2D eigenvalue weighted by Gasteiger charge is 2.16. The van der Waals surface area contributed by atoms with Crippen LogP contribution in [0, 0.1) is 3.57 Å². The molecule has 0 bridgehead atoms. The predicted molar refractivity (Wildman–Crippen MR) is 88.3 cm³/mol. The number of benzene rings is 1. The number of carboxylic acids is 1. The lowest BCUT2D eigenvalue weighted by molar-refractivity contribution is 0.0698. The average molecular weight is 437 g/mol. The Morgan fingerprint density at radius 3 is 2.48 bits per heavy atom. The molecule has 0 fully saturated rings. The number of hydrogen-bond acceptors (Lipinski definition) is 3. The minimum absolute atomic E-state index is 0.00621. The van der Waals surface area contributed by atoms with Gasteiger partial charge < -0.3 is 10.4 Å². The Labute approximate surface area is 143 Å². The van der Waals surface area contributed by atoms with Crippen LogP contribution < -0.4 is 5.32 Å². The molecule has 108 valence electrons. The molecule has 0 spiro atoms. The number of carbonyl (C=O) groups is 2. The highest BCUT2D eigenvalue weighted by Crippen LogP contribution is 2.22. The van der Waals surface area contributed by atoms with Gasteiger partial charge in [0.1, 0.15) is 10.3 Å². The molecule has 0 aliphatic heterocycles. The molecule has 21 heavy (non-hydrogen) atoms. The van der Waals surface area contributed by atoms with Gasteiger partial charge in [-0.15, -0.1) is 0 Å². The lowest BCUT2D eigenvalue weighted by Gasteiger charge is -2.09. The van der Waals surface area contributed by atoms with Crippen LogP contribution in [0.1, 0.15) is 20.7 Å². The SMILES string of the molecule is O=C(O)c1cc(I)ccc1NC(=O)c1ccc(Cl)nc1Cl. The van der Waals surface area contributed by atoms with E-state index in [4.69, 9.17) is 28.3 Å². The highest BCUT2D eigenvalue weighted by atomic mass is 127. The molecule has 1 aromatic heterocycles. The van der Waals surface area contributed by atoms with E-state index in [9.17, 15) is 9.59 Å². The van der Waals surface area contributed by atoms with Gasteiger partial charge in [-0.3, -0.25) is 4.79 Å². The van der Waals surface area contributed by atoms with Crippen LogP contribution in [0.5, 0.6) is 0 Å². The molecule has 2 N–H and O–H groups in total. The van der Waals surface area contributed by atoms with Crippen LogP contribution in [0.4, 0.5) is 5.69 Å². The first kappa shape index (κ1) is 16.0. The molecule has 0 saturated heterocycles. The van der Waals surface area contributed by atoms with E-state index >= 15 is 0 Å². The Bertz CT molecular complexity index is 737. The molecule has 8 heteroatoms. The molecule has 0 aliphatic carbocycles. The van der Waals surface area contributed by atoms with E-state index in [0.29, 0.717) is 0 Å². The maximum Gasteiger partial charge on any atom is 0.337 e. The maximum absolute atomic E-state index is 12.1. The Morgan fingerprint density at radius 2 is 1.86 bits per heavy atom. The molecule has 0 aliphatic rings. The first-order valence-corrected chi connectivity index (χ1v) is 7.38. The molecule has 0 radical (unpaired) electrons. The fourth-order valence-corrected chi connectivity index (χ4v) is 2.50. The van der Waals surface area contributed by atoms with Gasteiger partial charge in [0.2, 0.25) is 0 Å². The van der Waals surface area contributed by atoms with Crippen molar-refractivity contribution >= 4 is 63.4 Å². The number of halogens is 3. The van der Waals surface area contributed by atoms with Crippen LogP contribution in [-0.4, -0.2) is 22.0 Å². The van der Waals surface area contributed by atoms with E-state index in [-0.39, 0.29) is 27.1 Å². The molecule has 0 unspecified atom stereocenters. The number of pyridine rings is 1. The summed E-state index contributed by atoms with van der Waals surface area (Å²) in [4.78, 5) is 27.1. The lowest BCUT2D eigenvalue weighted by Crippen LogP contribution is -2.15. The zero-order chi connectivity index (χ0) is 15.6. The third kappa shape index (κ3) is 3.84. The van der Waals surface area contributed by atoms with E-state index < -0.39 is 11.9 Å². The summed E-state index contributed by atoms with van der Waals surface area (Å²) in [6.45, 7) is 0. The number of amides is 1. The van der Waals surface area contributed by atoms with E-state index in [1.165, 1.54) is 24.3 Å². The highest BCUT2D eigenvalue weighted by molar-refractivity contribution is 14.1. The Kier molecular flexibility index (Phi) is 5.02. The molecule has 2 aromatic rings. The van der Waals surface area contributed by atoms with E-state index in [1.807, 2.05) is 22.6 Å². The number of aromatic nitrogens is 1. The van der Waals surface area contributed by atoms with E-state index in [2.05, 4.69) is 10.3 Å². The van der Waals surface area contributed by atoms with Crippen molar-refractivity contribution in [3.8, 4) is 0 Å². The van der Waals surface area contributed by atoms with Crippen molar-refractivity contribution in [1.29, 1.82) is 0 Å². The molecule has 1 aromatic carbocycles. The zero-order valence-electron chi connectivity index (χ0n) is 10.2.